The number of aromatic nitrogens is 1. The highest BCUT2D eigenvalue weighted by Gasteiger charge is 2.36. The van der Waals surface area contributed by atoms with Crippen LogP contribution in [-0.4, -0.2) is 27.8 Å². The summed E-state index contributed by atoms with van der Waals surface area (Å²) in [6.07, 6.45) is 7.57. The van der Waals surface area contributed by atoms with Crippen molar-refractivity contribution < 1.29 is 4.79 Å². The Kier molecular flexibility index (Phi) is 4.39. The summed E-state index contributed by atoms with van der Waals surface area (Å²) in [5.74, 6) is 1.58. The van der Waals surface area contributed by atoms with Crippen LogP contribution in [0.1, 0.15) is 31.9 Å². The Hall–Kier alpha value is -2.05. The van der Waals surface area contributed by atoms with Gasteiger partial charge in [-0.1, -0.05) is 18.2 Å². The third-order valence-corrected chi connectivity index (χ3v) is 5.87. The number of thioether (sulfide) groups is 1. The third kappa shape index (κ3) is 3.12. The molecular formula is C19H22N4OS. The number of fused-ring (bicyclic) bond motifs is 1. The summed E-state index contributed by atoms with van der Waals surface area (Å²) in [5, 5.41) is 4.59. The average Bonchev–Trinajstić information content (AvgIpc) is 2.80. The molecule has 0 fully saturated rings. The fourth-order valence-corrected chi connectivity index (χ4v) is 4.74. The first-order chi connectivity index (χ1) is 12.1. The van der Waals surface area contributed by atoms with E-state index in [0.29, 0.717) is 5.82 Å². The van der Waals surface area contributed by atoms with Crippen LogP contribution < -0.4 is 10.7 Å². The number of pyridine rings is 1. The number of amides is 2. The maximum absolute atomic E-state index is 12.8. The van der Waals surface area contributed by atoms with Crippen LogP contribution in [0, 0.1) is 6.92 Å². The van der Waals surface area contributed by atoms with Gasteiger partial charge in [-0.05, 0) is 61.3 Å². The second kappa shape index (κ2) is 6.69. The zero-order valence-electron chi connectivity index (χ0n) is 14.5. The zero-order valence-corrected chi connectivity index (χ0v) is 15.3. The molecule has 2 N–H and O–H groups in total. The number of anilines is 1. The van der Waals surface area contributed by atoms with E-state index < -0.39 is 0 Å². The van der Waals surface area contributed by atoms with Crippen molar-refractivity contribution in [2.24, 2.45) is 0 Å². The Morgan fingerprint density at radius 1 is 1.40 bits per heavy atom. The highest BCUT2D eigenvalue weighted by molar-refractivity contribution is 8.03. The summed E-state index contributed by atoms with van der Waals surface area (Å²) in [6.45, 7) is 4.04. The number of hydrogen-bond donors (Lipinski definition) is 2. The van der Waals surface area contributed by atoms with Gasteiger partial charge >= 0.3 is 6.03 Å². The molecule has 1 aliphatic carbocycles. The van der Waals surface area contributed by atoms with E-state index >= 15 is 0 Å². The van der Waals surface area contributed by atoms with E-state index in [-0.39, 0.29) is 12.1 Å². The van der Waals surface area contributed by atoms with E-state index in [2.05, 4.69) is 34.8 Å². The van der Waals surface area contributed by atoms with Gasteiger partial charge in [0.2, 0.25) is 0 Å². The van der Waals surface area contributed by atoms with Gasteiger partial charge in [0.25, 0.3) is 0 Å². The normalized spacial score (nSPS) is 22.6. The van der Waals surface area contributed by atoms with Gasteiger partial charge in [-0.3, -0.25) is 5.32 Å². The van der Waals surface area contributed by atoms with Crippen LogP contribution in [0.2, 0.25) is 0 Å². The van der Waals surface area contributed by atoms with Gasteiger partial charge in [0.05, 0.1) is 6.04 Å². The topological polar surface area (TPSA) is 57.3 Å². The van der Waals surface area contributed by atoms with E-state index in [9.17, 15) is 4.79 Å². The summed E-state index contributed by atoms with van der Waals surface area (Å²) < 4.78 is 0. The number of carbonyl (C=O) groups is 1. The molecule has 3 heterocycles. The molecule has 0 saturated carbocycles. The van der Waals surface area contributed by atoms with Crippen molar-refractivity contribution in [3.8, 4) is 0 Å². The number of carbonyl (C=O) groups excluding carboxylic acids is 1. The average molecular weight is 354 g/mol. The Morgan fingerprint density at radius 2 is 2.28 bits per heavy atom. The van der Waals surface area contributed by atoms with Crippen LogP contribution in [0.15, 0.2) is 52.1 Å². The second-order valence-electron chi connectivity index (χ2n) is 6.52. The molecule has 0 bridgehead atoms. The largest absolute Gasteiger partial charge is 0.341 e. The van der Waals surface area contributed by atoms with Crippen molar-refractivity contribution in [3.05, 3.63) is 57.8 Å². The van der Waals surface area contributed by atoms with Gasteiger partial charge in [0.15, 0.2) is 0 Å². The van der Waals surface area contributed by atoms with Crippen molar-refractivity contribution in [2.75, 3.05) is 11.1 Å². The van der Waals surface area contributed by atoms with Gasteiger partial charge < -0.3 is 0 Å². The summed E-state index contributed by atoms with van der Waals surface area (Å²) in [7, 11) is 0. The molecule has 4 rings (SSSR count). The van der Waals surface area contributed by atoms with Crippen LogP contribution in [0.25, 0.3) is 0 Å². The Bertz CT molecular complexity index is 811. The lowest BCUT2D eigenvalue weighted by Crippen LogP contribution is -2.43. The van der Waals surface area contributed by atoms with Gasteiger partial charge in [-0.15, -0.1) is 11.8 Å². The number of aryl methyl sites for hydroxylation is 1. The van der Waals surface area contributed by atoms with Gasteiger partial charge in [0, 0.05) is 17.1 Å². The molecule has 25 heavy (non-hydrogen) atoms. The molecule has 130 valence electrons. The number of rotatable bonds is 1. The lowest BCUT2D eigenvalue weighted by atomic mass is 9.93. The van der Waals surface area contributed by atoms with Gasteiger partial charge in [-0.2, -0.15) is 0 Å². The molecule has 1 atom stereocenters. The minimum absolute atomic E-state index is 0.123. The molecule has 2 amide bonds. The molecule has 0 saturated heterocycles. The molecule has 2 aliphatic heterocycles. The number of nitrogens with one attached hydrogen (secondary N) is 2. The first kappa shape index (κ1) is 16.4. The van der Waals surface area contributed by atoms with Crippen molar-refractivity contribution in [3.63, 3.8) is 0 Å². The molecule has 6 heteroatoms. The molecular weight excluding hydrogens is 332 g/mol. The van der Waals surface area contributed by atoms with Crippen LogP contribution in [0.4, 0.5) is 10.6 Å². The maximum Gasteiger partial charge on any atom is 0.341 e. The second-order valence-corrected chi connectivity index (χ2v) is 7.71. The van der Waals surface area contributed by atoms with Crippen molar-refractivity contribution >= 4 is 23.6 Å². The van der Waals surface area contributed by atoms with Crippen molar-refractivity contribution in [1.29, 1.82) is 0 Å². The molecule has 3 aliphatic rings. The van der Waals surface area contributed by atoms with E-state index in [4.69, 9.17) is 0 Å². The summed E-state index contributed by atoms with van der Waals surface area (Å²) >= 11 is 1.93. The van der Waals surface area contributed by atoms with Crippen molar-refractivity contribution in [1.82, 2.24) is 15.4 Å². The van der Waals surface area contributed by atoms with E-state index in [1.165, 1.54) is 16.1 Å². The van der Waals surface area contributed by atoms with Crippen LogP contribution in [-0.2, 0) is 0 Å². The first-order valence-corrected chi connectivity index (χ1v) is 9.69. The Balaban J connectivity index is 1.63. The minimum Gasteiger partial charge on any atom is -0.291 e. The fraction of sp³-hybridized carbons (Fsp3) is 0.368. The van der Waals surface area contributed by atoms with Crippen LogP contribution in [0.5, 0.6) is 0 Å². The number of allylic oxidation sites excluding steroid dienone is 4. The first-order valence-electron chi connectivity index (χ1n) is 8.70. The highest BCUT2D eigenvalue weighted by Crippen LogP contribution is 2.42. The van der Waals surface area contributed by atoms with Gasteiger partial charge in [-0.25, -0.2) is 20.2 Å². The molecule has 0 aromatic carbocycles. The molecule has 0 radical (unpaired) electrons. The summed E-state index contributed by atoms with van der Waals surface area (Å²) in [6, 6.07) is 5.57. The third-order valence-electron chi connectivity index (χ3n) is 4.69. The number of urea groups is 1. The van der Waals surface area contributed by atoms with Crippen LogP contribution in [0.3, 0.4) is 0 Å². The van der Waals surface area contributed by atoms with E-state index in [0.717, 1.165) is 36.4 Å². The standard InChI is InChI=1S/C19H22N4OS/c1-12-6-5-9-17(20-12)21-19(24)23-15-10-11-25-16-8-4-3-7-14(16)18(15)13(2)22-23/h3,5-7,9,13,22H,4,8,10-11H2,1-2H3,(H,20,21,24). The predicted molar refractivity (Wildman–Crippen MR) is 102 cm³/mol. The number of hydrazine groups is 1. The van der Waals surface area contributed by atoms with E-state index in [1.807, 2.05) is 36.9 Å². The highest BCUT2D eigenvalue weighted by atomic mass is 32.2. The van der Waals surface area contributed by atoms with Crippen molar-refractivity contribution in [2.45, 2.75) is 39.2 Å². The SMILES string of the molecule is Cc1cccc(NC(=O)N2NC(C)C3=C2CCSC2=C3C=CCC2)n1. The predicted octanol–water partition coefficient (Wildman–Crippen LogP) is 4.13. The fourth-order valence-electron chi connectivity index (χ4n) is 3.61. The van der Waals surface area contributed by atoms with E-state index in [1.54, 1.807) is 5.01 Å². The molecule has 1 unspecified atom stereocenters. The lowest BCUT2D eigenvalue weighted by Gasteiger charge is -2.21. The quantitative estimate of drug-likeness (QED) is 0.796. The monoisotopic (exact) mass is 354 g/mol. The molecule has 1 aromatic rings. The molecule has 0 spiro atoms. The minimum atomic E-state index is -0.177. The Labute approximate surface area is 152 Å². The number of hydrogen-bond acceptors (Lipinski definition) is 4. The maximum atomic E-state index is 12.8. The summed E-state index contributed by atoms with van der Waals surface area (Å²) in [5.41, 5.74) is 7.88. The molecule has 5 nitrogen and oxygen atoms in total. The Morgan fingerprint density at radius 3 is 3.12 bits per heavy atom. The zero-order chi connectivity index (χ0) is 17.4. The van der Waals surface area contributed by atoms with Crippen LogP contribution >= 0.6 is 11.8 Å². The molecule has 1 aromatic heterocycles. The lowest BCUT2D eigenvalue weighted by molar-refractivity contribution is 0.206. The summed E-state index contributed by atoms with van der Waals surface area (Å²) in [4.78, 5) is 18.7. The number of nitrogens with zero attached hydrogens (tertiary/aromatic N) is 2. The van der Waals surface area contributed by atoms with Gasteiger partial charge in [0.1, 0.15) is 5.82 Å². The smallest absolute Gasteiger partial charge is 0.291 e.